The minimum atomic E-state index is -1.81. The van der Waals surface area contributed by atoms with E-state index in [1.807, 2.05) is 54.6 Å². The molecule has 2 aromatic carbocycles. The standard InChI is InChI=1S/C19H24O3Si.3CO.Cr/c1-21-18-13-9-8-12-16(18)19(22-23(2,3)4)14-17(20)15-10-6-5-7-11-15;3*1-2;/h5-13,19H,14H2,1-4H3;;;;. The first-order chi connectivity index (χ1) is 13.9. The van der Waals surface area contributed by atoms with Gasteiger partial charge in [0.05, 0.1) is 13.2 Å². The third-order valence-electron chi connectivity index (χ3n) is 3.45. The van der Waals surface area contributed by atoms with Crippen LogP contribution >= 0.6 is 0 Å². The van der Waals surface area contributed by atoms with Crippen molar-refractivity contribution in [2.24, 2.45) is 0 Å². The zero-order chi connectivity index (χ0) is 22.9. The van der Waals surface area contributed by atoms with Crippen molar-refractivity contribution in [2.75, 3.05) is 7.11 Å². The van der Waals surface area contributed by atoms with Crippen LogP contribution in [0.2, 0.25) is 19.6 Å². The van der Waals surface area contributed by atoms with E-state index in [4.69, 9.17) is 23.1 Å². The van der Waals surface area contributed by atoms with Gasteiger partial charge in [-0.05, 0) is 25.7 Å². The van der Waals surface area contributed by atoms with E-state index in [0.29, 0.717) is 12.0 Å². The van der Waals surface area contributed by atoms with Gasteiger partial charge in [0.25, 0.3) is 0 Å². The predicted octanol–water partition coefficient (Wildman–Crippen LogP) is 4.75. The molecule has 158 valence electrons. The molecule has 2 aromatic rings. The van der Waals surface area contributed by atoms with Gasteiger partial charge >= 0.3 is 33.9 Å². The number of hydrogen-bond acceptors (Lipinski definition) is 3. The van der Waals surface area contributed by atoms with Gasteiger partial charge in [0, 0.05) is 34.9 Å². The van der Waals surface area contributed by atoms with Crippen molar-refractivity contribution in [3.8, 4) is 5.75 Å². The molecular weight excluding hydrogens is 440 g/mol. The van der Waals surface area contributed by atoms with Crippen LogP contribution in [0.15, 0.2) is 54.6 Å². The number of hydrogen-bond donors (Lipinski definition) is 0. The van der Waals surface area contributed by atoms with Gasteiger partial charge < -0.3 is 9.16 Å². The van der Waals surface area contributed by atoms with E-state index in [9.17, 15) is 4.79 Å². The third-order valence-corrected chi connectivity index (χ3v) is 4.44. The van der Waals surface area contributed by atoms with Crippen molar-refractivity contribution in [2.45, 2.75) is 32.2 Å². The van der Waals surface area contributed by atoms with Crippen LogP contribution in [-0.2, 0) is 35.7 Å². The summed E-state index contributed by atoms with van der Waals surface area (Å²) in [5, 5.41) is 0. The van der Waals surface area contributed by atoms with Crippen LogP contribution in [-0.4, -0.2) is 21.2 Å². The topological polar surface area (TPSA) is 95.2 Å². The number of carbonyl (C=O) groups is 1. The molecule has 0 bridgehead atoms. The Kier molecular flexibility index (Phi) is 20.4. The Labute approximate surface area is 190 Å². The zero-order valence-corrected chi connectivity index (χ0v) is 19.6. The molecule has 1 unspecified atom stereocenters. The first-order valence-electron chi connectivity index (χ1n) is 8.41. The maximum atomic E-state index is 12.6. The SMILES string of the molecule is COc1ccccc1C(CC(=O)c1ccccc1)O[Si](C)(C)C.[C-]#[O+].[C-]#[O+].[C-]#[O+].[Cr]. The Hall–Kier alpha value is -2.16. The Bertz CT molecular complexity index is 767. The maximum Gasteiger partial charge on any atom is 0 e. The van der Waals surface area contributed by atoms with Crippen molar-refractivity contribution in [3.05, 3.63) is 85.7 Å². The average Bonchev–Trinajstić information content (AvgIpc) is 2.77. The fourth-order valence-electron chi connectivity index (χ4n) is 2.48. The first kappa shape index (κ1) is 32.5. The summed E-state index contributed by atoms with van der Waals surface area (Å²) in [4.78, 5) is 12.6. The van der Waals surface area contributed by atoms with E-state index >= 15 is 0 Å². The van der Waals surface area contributed by atoms with Crippen molar-refractivity contribution in [1.29, 1.82) is 0 Å². The molecule has 0 aromatic heterocycles. The van der Waals surface area contributed by atoms with Crippen molar-refractivity contribution in [1.82, 2.24) is 0 Å². The van der Waals surface area contributed by atoms with Crippen LogP contribution < -0.4 is 4.74 Å². The van der Waals surface area contributed by atoms with Crippen molar-refractivity contribution in [3.63, 3.8) is 0 Å². The van der Waals surface area contributed by atoms with Crippen LogP contribution in [0.5, 0.6) is 5.75 Å². The van der Waals surface area contributed by atoms with Gasteiger partial charge in [0.15, 0.2) is 14.1 Å². The molecule has 8 heteroatoms. The normalized spacial score (nSPS) is 9.93. The van der Waals surface area contributed by atoms with Gasteiger partial charge in [-0.15, -0.1) is 0 Å². The summed E-state index contributed by atoms with van der Waals surface area (Å²) >= 11 is 0. The monoisotopic (exact) mass is 464 g/mol. The second-order valence-corrected chi connectivity index (χ2v) is 10.9. The Balaban J connectivity index is -0.000000955. The van der Waals surface area contributed by atoms with E-state index in [-0.39, 0.29) is 29.2 Å². The number of methoxy groups -OCH3 is 1. The summed E-state index contributed by atoms with van der Waals surface area (Å²) in [5.74, 6) is 0.844. The van der Waals surface area contributed by atoms with Gasteiger partial charge in [-0.2, -0.15) is 0 Å². The summed E-state index contributed by atoms with van der Waals surface area (Å²) in [6.07, 6.45) is 0.0276. The Morgan fingerprint density at radius 1 is 0.900 bits per heavy atom. The van der Waals surface area contributed by atoms with E-state index in [1.165, 1.54) is 0 Å². The molecule has 0 N–H and O–H groups in total. The quantitative estimate of drug-likeness (QED) is 0.256. The number of ether oxygens (including phenoxy) is 1. The van der Waals surface area contributed by atoms with E-state index in [2.05, 4.69) is 39.6 Å². The smallest absolute Gasteiger partial charge is 0 e. The second kappa shape index (κ2) is 18.8. The molecule has 0 saturated carbocycles. The number of carbonyl (C=O) groups excluding carboxylic acids is 1. The van der Waals surface area contributed by atoms with Gasteiger partial charge in [0.2, 0.25) is 0 Å². The number of Topliss-reactive ketones (excluding diaryl/α,β-unsaturated/α-hetero) is 1. The Morgan fingerprint density at radius 3 is 1.83 bits per heavy atom. The Morgan fingerprint density at radius 2 is 1.37 bits per heavy atom. The number of para-hydroxylation sites is 1. The molecule has 0 saturated heterocycles. The number of benzene rings is 2. The molecule has 0 radical (unpaired) electrons. The van der Waals surface area contributed by atoms with Crippen LogP contribution in [0.3, 0.4) is 0 Å². The second-order valence-electron chi connectivity index (χ2n) is 6.45. The number of ketones is 1. The van der Waals surface area contributed by atoms with Gasteiger partial charge in [-0.25, -0.2) is 0 Å². The molecule has 0 spiro atoms. The molecule has 0 aliphatic carbocycles. The molecule has 0 amide bonds. The van der Waals surface area contributed by atoms with Crippen LogP contribution in [0, 0.1) is 20.0 Å². The average molecular weight is 465 g/mol. The van der Waals surface area contributed by atoms with Crippen molar-refractivity contribution >= 4 is 14.1 Å². The molecule has 1 atom stereocenters. The molecule has 0 heterocycles. The summed E-state index contributed by atoms with van der Waals surface area (Å²) < 4.78 is 34.2. The third kappa shape index (κ3) is 12.4. The van der Waals surface area contributed by atoms with Gasteiger partial charge in [-0.1, -0.05) is 48.5 Å². The minimum absolute atomic E-state index is 0. The number of rotatable bonds is 7. The van der Waals surface area contributed by atoms with Gasteiger partial charge in [0.1, 0.15) is 5.75 Å². The summed E-state index contributed by atoms with van der Waals surface area (Å²) in [5.41, 5.74) is 1.65. The van der Waals surface area contributed by atoms with E-state index in [1.54, 1.807) is 7.11 Å². The molecule has 30 heavy (non-hydrogen) atoms. The first-order valence-corrected chi connectivity index (χ1v) is 11.8. The van der Waals surface area contributed by atoms with Crippen LogP contribution in [0.25, 0.3) is 0 Å². The predicted molar refractivity (Wildman–Crippen MR) is 107 cm³/mol. The molecule has 2 rings (SSSR count). The molecule has 0 aliphatic heterocycles. The van der Waals surface area contributed by atoms with E-state index < -0.39 is 8.32 Å². The fourth-order valence-corrected chi connectivity index (χ4v) is 3.55. The van der Waals surface area contributed by atoms with Gasteiger partial charge in [-0.3, -0.25) is 4.79 Å². The summed E-state index contributed by atoms with van der Waals surface area (Å²) in [7, 11) is -0.172. The molecule has 6 nitrogen and oxygen atoms in total. The minimum Gasteiger partial charge on any atom is 0 e. The summed E-state index contributed by atoms with van der Waals surface area (Å²) in [6.45, 7) is 19.9. The van der Waals surface area contributed by atoms with Crippen molar-refractivity contribution < 1.29 is 45.3 Å². The maximum absolute atomic E-state index is 12.6. The molecule has 0 fully saturated rings. The molecular formula is C22H24CrO6Si. The zero-order valence-electron chi connectivity index (χ0n) is 17.3. The van der Waals surface area contributed by atoms with Crippen LogP contribution in [0.1, 0.15) is 28.4 Å². The van der Waals surface area contributed by atoms with Crippen LogP contribution in [0.4, 0.5) is 0 Å². The van der Waals surface area contributed by atoms with E-state index in [0.717, 1.165) is 11.3 Å². The summed E-state index contributed by atoms with van der Waals surface area (Å²) in [6, 6.07) is 17.1. The molecule has 0 aliphatic rings. The largest absolute Gasteiger partial charge is 0 e. The fraction of sp³-hybridized carbons (Fsp3) is 0.273.